The average molecular weight is 365 g/mol. The molecule has 1 aliphatic carbocycles. The number of benzene rings is 1. The maximum Gasteiger partial charge on any atom is 0.272 e. The number of halogens is 1. The second kappa shape index (κ2) is 5.68. The third kappa shape index (κ3) is 2.35. The zero-order valence-electron chi connectivity index (χ0n) is 14.0. The number of rotatable bonds is 3. The zero-order chi connectivity index (χ0) is 17.7. The number of hydrogen-bond donors (Lipinski definition) is 1. The monoisotopic (exact) mass is 364 g/mol. The number of amides is 1. The van der Waals surface area contributed by atoms with Gasteiger partial charge in [-0.15, -0.1) is 0 Å². The molecule has 5 rings (SSSR count). The normalized spacial score (nSPS) is 23.7. The predicted molar refractivity (Wildman–Crippen MR) is 99.0 cm³/mol. The van der Waals surface area contributed by atoms with Crippen LogP contribution in [0.4, 0.5) is 0 Å². The number of nitrogens with one attached hydrogen (secondary N) is 1. The van der Waals surface area contributed by atoms with Crippen molar-refractivity contribution in [3.05, 3.63) is 71.1 Å². The van der Waals surface area contributed by atoms with E-state index in [1.165, 1.54) is 5.56 Å². The van der Waals surface area contributed by atoms with Crippen LogP contribution in [0.25, 0.3) is 11.3 Å². The second-order valence-electron chi connectivity index (χ2n) is 7.03. The van der Waals surface area contributed by atoms with E-state index >= 15 is 0 Å². The van der Waals surface area contributed by atoms with Crippen LogP contribution in [-0.4, -0.2) is 38.6 Å². The first kappa shape index (κ1) is 15.6. The lowest BCUT2D eigenvalue weighted by Gasteiger charge is -2.16. The fourth-order valence-electron chi connectivity index (χ4n) is 4.18. The van der Waals surface area contributed by atoms with Gasteiger partial charge in [-0.25, -0.2) is 0 Å². The lowest BCUT2D eigenvalue weighted by molar-refractivity contribution is 0.0762. The Labute approximate surface area is 156 Å². The molecule has 1 N–H and O–H groups in total. The molecular weight excluding hydrogens is 348 g/mol. The lowest BCUT2D eigenvalue weighted by Crippen LogP contribution is -2.31. The summed E-state index contributed by atoms with van der Waals surface area (Å²) in [4.78, 5) is 19.0. The highest BCUT2D eigenvalue weighted by Crippen LogP contribution is 2.58. The molecule has 3 aromatic rings. The lowest BCUT2D eigenvalue weighted by atomic mass is 9.93. The summed E-state index contributed by atoms with van der Waals surface area (Å²) >= 11 is 6.01. The Bertz CT molecular complexity index is 969. The van der Waals surface area contributed by atoms with Crippen LogP contribution in [-0.2, 0) is 5.41 Å². The van der Waals surface area contributed by atoms with E-state index < -0.39 is 0 Å². The SMILES string of the molecule is O=C(c1cc(-c2ccncc2)n[nH]1)N1CCC2(c3ccc(Cl)cc3)CC12. The van der Waals surface area contributed by atoms with Gasteiger partial charge in [0.1, 0.15) is 5.69 Å². The Hall–Kier alpha value is -2.66. The number of fused-ring (bicyclic) bond motifs is 1. The van der Waals surface area contributed by atoms with Crippen molar-refractivity contribution in [2.75, 3.05) is 6.54 Å². The predicted octanol–water partition coefficient (Wildman–Crippen LogP) is 3.68. The van der Waals surface area contributed by atoms with E-state index in [0.717, 1.165) is 35.7 Å². The number of H-pyrrole nitrogens is 1. The van der Waals surface area contributed by atoms with Crippen molar-refractivity contribution in [1.29, 1.82) is 0 Å². The Kier molecular flexibility index (Phi) is 3.40. The fourth-order valence-corrected chi connectivity index (χ4v) is 4.30. The molecule has 1 saturated carbocycles. The van der Waals surface area contributed by atoms with Crippen molar-refractivity contribution in [2.24, 2.45) is 0 Å². The first-order valence-electron chi connectivity index (χ1n) is 8.70. The molecule has 0 spiro atoms. The minimum Gasteiger partial charge on any atom is -0.333 e. The number of carbonyl (C=O) groups excluding carboxylic acids is 1. The van der Waals surface area contributed by atoms with E-state index in [9.17, 15) is 4.79 Å². The maximum absolute atomic E-state index is 13.0. The second-order valence-corrected chi connectivity index (χ2v) is 7.47. The molecule has 5 nitrogen and oxygen atoms in total. The molecule has 2 fully saturated rings. The highest BCUT2D eigenvalue weighted by atomic mass is 35.5. The summed E-state index contributed by atoms with van der Waals surface area (Å²) < 4.78 is 0. The van der Waals surface area contributed by atoms with Gasteiger partial charge in [0.05, 0.1) is 5.69 Å². The number of likely N-dealkylation sites (tertiary alicyclic amines) is 1. The van der Waals surface area contributed by atoms with Crippen LogP contribution >= 0.6 is 11.6 Å². The minimum absolute atomic E-state index is 0.0242. The Balaban J connectivity index is 1.37. The van der Waals surface area contributed by atoms with Crippen LogP contribution in [0.5, 0.6) is 0 Å². The van der Waals surface area contributed by atoms with Gasteiger partial charge in [-0.05, 0) is 48.7 Å². The van der Waals surface area contributed by atoms with Crippen molar-refractivity contribution in [2.45, 2.75) is 24.3 Å². The van der Waals surface area contributed by atoms with E-state index in [1.54, 1.807) is 12.4 Å². The molecule has 0 bridgehead atoms. The number of carbonyl (C=O) groups is 1. The van der Waals surface area contributed by atoms with Gasteiger partial charge < -0.3 is 4.90 Å². The third-order valence-electron chi connectivity index (χ3n) is 5.67. The molecule has 2 unspecified atom stereocenters. The fraction of sp³-hybridized carbons (Fsp3) is 0.250. The van der Waals surface area contributed by atoms with Crippen molar-refractivity contribution < 1.29 is 4.79 Å². The molecule has 2 atom stereocenters. The van der Waals surface area contributed by atoms with Gasteiger partial charge in [0.2, 0.25) is 0 Å². The number of aromatic amines is 1. The van der Waals surface area contributed by atoms with Crippen LogP contribution in [0.1, 0.15) is 28.9 Å². The molecule has 1 amide bonds. The van der Waals surface area contributed by atoms with Crippen LogP contribution in [0.2, 0.25) is 5.02 Å². The van der Waals surface area contributed by atoms with Crippen LogP contribution < -0.4 is 0 Å². The van der Waals surface area contributed by atoms with E-state index in [-0.39, 0.29) is 17.4 Å². The number of piperidine rings is 1. The van der Waals surface area contributed by atoms with Crippen molar-refractivity contribution >= 4 is 17.5 Å². The number of pyridine rings is 1. The highest BCUT2D eigenvalue weighted by Gasteiger charge is 2.63. The van der Waals surface area contributed by atoms with Gasteiger partial charge in [0.25, 0.3) is 5.91 Å². The molecule has 2 aliphatic rings. The summed E-state index contributed by atoms with van der Waals surface area (Å²) in [6.07, 6.45) is 5.45. The molecule has 2 aromatic heterocycles. The molecule has 3 heterocycles. The largest absolute Gasteiger partial charge is 0.333 e. The smallest absolute Gasteiger partial charge is 0.272 e. The summed E-state index contributed by atoms with van der Waals surface area (Å²) in [5, 5.41) is 7.93. The standard InChI is InChI=1S/C20H17ClN4O/c21-15-3-1-14(2-4-15)20-7-10-25(18(20)12-20)19(26)17-11-16(23-24-17)13-5-8-22-9-6-13/h1-6,8-9,11,18H,7,10,12H2,(H,23,24). The number of nitrogens with zero attached hydrogens (tertiary/aromatic N) is 3. The van der Waals surface area contributed by atoms with Gasteiger partial charge in [-0.2, -0.15) is 5.10 Å². The molecule has 1 aliphatic heterocycles. The third-order valence-corrected chi connectivity index (χ3v) is 5.93. The summed E-state index contributed by atoms with van der Waals surface area (Å²) in [6.45, 7) is 0.774. The molecule has 0 radical (unpaired) electrons. The quantitative estimate of drug-likeness (QED) is 0.771. The van der Waals surface area contributed by atoms with Gasteiger partial charge in [0, 0.05) is 41.0 Å². The maximum atomic E-state index is 13.0. The zero-order valence-corrected chi connectivity index (χ0v) is 14.8. The summed E-state index contributed by atoms with van der Waals surface area (Å²) in [5.41, 5.74) is 3.63. The van der Waals surface area contributed by atoms with E-state index in [1.807, 2.05) is 35.2 Å². The van der Waals surface area contributed by atoms with Gasteiger partial charge in [-0.1, -0.05) is 23.7 Å². The van der Waals surface area contributed by atoms with Gasteiger partial charge in [-0.3, -0.25) is 14.9 Å². The van der Waals surface area contributed by atoms with E-state index in [2.05, 4.69) is 27.3 Å². The van der Waals surface area contributed by atoms with Crippen molar-refractivity contribution in [3.63, 3.8) is 0 Å². The first-order valence-corrected chi connectivity index (χ1v) is 9.08. The molecule has 1 aromatic carbocycles. The van der Waals surface area contributed by atoms with Crippen LogP contribution in [0.3, 0.4) is 0 Å². The van der Waals surface area contributed by atoms with Gasteiger partial charge in [0.15, 0.2) is 0 Å². The molecule has 1 saturated heterocycles. The number of hydrogen-bond acceptors (Lipinski definition) is 3. The molecule has 6 heteroatoms. The van der Waals surface area contributed by atoms with E-state index in [4.69, 9.17) is 11.6 Å². The van der Waals surface area contributed by atoms with Crippen LogP contribution in [0.15, 0.2) is 54.9 Å². The Morgan fingerprint density at radius 3 is 2.69 bits per heavy atom. The van der Waals surface area contributed by atoms with Gasteiger partial charge >= 0.3 is 0 Å². The summed E-state index contributed by atoms with van der Waals surface area (Å²) in [6, 6.07) is 13.9. The Morgan fingerprint density at radius 2 is 1.96 bits per heavy atom. The van der Waals surface area contributed by atoms with Crippen molar-refractivity contribution in [3.8, 4) is 11.3 Å². The Morgan fingerprint density at radius 1 is 1.19 bits per heavy atom. The topological polar surface area (TPSA) is 61.9 Å². The molecule has 26 heavy (non-hydrogen) atoms. The highest BCUT2D eigenvalue weighted by molar-refractivity contribution is 6.30. The first-order chi connectivity index (χ1) is 12.7. The van der Waals surface area contributed by atoms with Crippen LogP contribution in [0, 0.1) is 0 Å². The summed E-state index contributed by atoms with van der Waals surface area (Å²) in [5.74, 6) is 0.0242. The number of aromatic nitrogens is 3. The van der Waals surface area contributed by atoms with E-state index in [0.29, 0.717) is 5.69 Å². The minimum atomic E-state index is 0.0242. The average Bonchev–Trinajstić information content (AvgIpc) is 3.06. The van der Waals surface area contributed by atoms with Crippen molar-refractivity contribution in [1.82, 2.24) is 20.1 Å². The molecular formula is C20H17ClN4O. The molecule has 130 valence electrons. The summed E-state index contributed by atoms with van der Waals surface area (Å²) in [7, 11) is 0.